The van der Waals surface area contributed by atoms with Gasteiger partial charge >= 0.3 is 0 Å². The highest BCUT2D eigenvalue weighted by Gasteiger charge is 2.47. The molecule has 0 unspecified atom stereocenters. The maximum atomic E-state index is 12.4. The number of ether oxygens (including phenoxy) is 3. The second-order valence-corrected chi connectivity index (χ2v) is 4.83. The summed E-state index contributed by atoms with van der Waals surface area (Å²) in [5.74, 6) is 1.15. The monoisotopic (exact) mass is 265 g/mol. The van der Waals surface area contributed by atoms with Crippen molar-refractivity contribution in [2.24, 2.45) is 5.41 Å². The Bertz CT molecular complexity index is 506. The van der Waals surface area contributed by atoms with Crippen LogP contribution in [0.5, 0.6) is 11.5 Å². The Labute approximate surface area is 110 Å². The second-order valence-electron chi connectivity index (χ2n) is 4.83. The Morgan fingerprint density at radius 3 is 2.74 bits per heavy atom. The summed E-state index contributed by atoms with van der Waals surface area (Å²) in [5.41, 5.74) is -0.0977. The van der Waals surface area contributed by atoms with Crippen LogP contribution in [-0.2, 0) is 9.53 Å². The minimum Gasteiger partial charge on any atom is -0.454 e. The third-order valence-corrected chi connectivity index (χ3v) is 3.56. The number of carbonyl (C=O) groups is 1. The molecule has 0 aromatic heterocycles. The molecular weight excluding hydrogens is 250 g/mol. The summed E-state index contributed by atoms with van der Waals surface area (Å²) in [4.78, 5) is 13.9. The topological polar surface area (TPSA) is 68.2 Å². The van der Waals surface area contributed by atoms with Gasteiger partial charge in [-0.25, -0.2) is 0 Å². The molecule has 1 N–H and O–H groups in total. The third-order valence-electron chi connectivity index (χ3n) is 3.56. The Hall–Kier alpha value is -1.79. The van der Waals surface area contributed by atoms with E-state index in [1.54, 1.807) is 25.2 Å². The molecule has 3 rings (SSSR count). The number of fused-ring (bicyclic) bond motifs is 1. The maximum absolute atomic E-state index is 12.4. The molecule has 1 amide bonds. The number of carbonyl (C=O) groups excluding carboxylic acids is 1. The van der Waals surface area contributed by atoms with E-state index in [1.165, 1.54) is 4.90 Å². The fourth-order valence-electron chi connectivity index (χ4n) is 2.20. The molecule has 2 aliphatic heterocycles. The zero-order valence-electron chi connectivity index (χ0n) is 10.6. The van der Waals surface area contributed by atoms with E-state index in [0.717, 1.165) is 0 Å². The van der Waals surface area contributed by atoms with Gasteiger partial charge in [0.2, 0.25) is 12.7 Å². The summed E-state index contributed by atoms with van der Waals surface area (Å²) in [6.07, 6.45) is 0. The molecule has 1 aromatic carbocycles. The number of aliphatic hydroxyl groups excluding tert-OH is 1. The highest BCUT2D eigenvalue weighted by Crippen LogP contribution is 2.37. The summed E-state index contributed by atoms with van der Waals surface area (Å²) in [6, 6.07) is 5.31. The van der Waals surface area contributed by atoms with Crippen molar-refractivity contribution in [2.45, 2.75) is 0 Å². The van der Waals surface area contributed by atoms with Gasteiger partial charge in [-0.15, -0.1) is 0 Å². The zero-order valence-corrected chi connectivity index (χ0v) is 10.6. The molecule has 1 aromatic rings. The van der Waals surface area contributed by atoms with E-state index >= 15 is 0 Å². The van der Waals surface area contributed by atoms with Crippen molar-refractivity contribution in [2.75, 3.05) is 38.6 Å². The van der Waals surface area contributed by atoms with Crippen LogP contribution in [-0.4, -0.2) is 44.7 Å². The largest absolute Gasteiger partial charge is 0.454 e. The van der Waals surface area contributed by atoms with Gasteiger partial charge in [0.05, 0.1) is 19.8 Å². The molecule has 19 heavy (non-hydrogen) atoms. The Balaban J connectivity index is 1.83. The third kappa shape index (κ3) is 1.84. The van der Waals surface area contributed by atoms with Crippen LogP contribution in [0, 0.1) is 5.41 Å². The number of benzene rings is 1. The Morgan fingerprint density at radius 2 is 2.11 bits per heavy atom. The minimum atomic E-state index is -0.800. The minimum absolute atomic E-state index is 0.153. The molecule has 1 saturated heterocycles. The maximum Gasteiger partial charge on any atom is 0.239 e. The number of amides is 1. The van der Waals surface area contributed by atoms with E-state index in [2.05, 4.69) is 0 Å². The quantitative estimate of drug-likeness (QED) is 0.856. The zero-order chi connectivity index (χ0) is 13.5. The van der Waals surface area contributed by atoms with Gasteiger partial charge in [-0.3, -0.25) is 4.79 Å². The average molecular weight is 265 g/mol. The molecular formula is C13H15NO5. The van der Waals surface area contributed by atoms with Gasteiger partial charge in [-0.2, -0.15) is 0 Å². The van der Waals surface area contributed by atoms with Crippen molar-refractivity contribution >= 4 is 11.6 Å². The predicted octanol–water partition coefficient (Wildman–Crippen LogP) is 0.387. The Kier molecular flexibility index (Phi) is 2.83. The number of nitrogens with zero attached hydrogens (tertiary/aromatic N) is 1. The van der Waals surface area contributed by atoms with Gasteiger partial charge in [0.25, 0.3) is 0 Å². The molecule has 0 radical (unpaired) electrons. The summed E-state index contributed by atoms with van der Waals surface area (Å²) in [7, 11) is 1.68. The fourth-order valence-corrected chi connectivity index (χ4v) is 2.20. The van der Waals surface area contributed by atoms with E-state index in [9.17, 15) is 9.90 Å². The second kappa shape index (κ2) is 4.40. The first-order valence-corrected chi connectivity index (χ1v) is 6.03. The fraction of sp³-hybridized carbons (Fsp3) is 0.462. The van der Waals surface area contributed by atoms with E-state index in [4.69, 9.17) is 14.2 Å². The summed E-state index contributed by atoms with van der Waals surface area (Å²) in [5, 5.41) is 9.39. The van der Waals surface area contributed by atoms with Crippen LogP contribution in [0.1, 0.15) is 0 Å². The van der Waals surface area contributed by atoms with Gasteiger partial charge in [0.15, 0.2) is 11.5 Å². The number of anilines is 1. The lowest BCUT2D eigenvalue weighted by Gasteiger charge is -2.40. The number of aliphatic hydroxyl groups is 1. The summed E-state index contributed by atoms with van der Waals surface area (Å²) in [6.45, 7) is 0.514. The standard InChI is InChI=1S/C13H15NO5/c1-14(12(16)13(5-15)6-17-7-13)9-2-3-10-11(4-9)19-8-18-10/h2-4,15H,5-8H2,1H3. The molecule has 0 bridgehead atoms. The van der Waals surface area contributed by atoms with Crippen LogP contribution in [0.2, 0.25) is 0 Å². The van der Waals surface area contributed by atoms with Gasteiger partial charge in [0.1, 0.15) is 5.41 Å². The molecule has 102 valence electrons. The van der Waals surface area contributed by atoms with E-state index < -0.39 is 5.41 Å². The molecule has 2 heterocycles. The number of rotatable bonds is 3. The lowest BCUT2D eigenvalue weighted by atomic mass is 9.85. The molecule has 0 saturated carbocycles. The van der Waals surface area contributed by atoms with Crippen LogP contribution in [0.3, 0.4) is 0 Å². The Morgan fingerprint density at radius 1 is 1.37 bits per heavy atom. The van der Waals surface area contributed by atoms with E-state index in [-0.39, 0.29) is 32.5 Å². The first-order chi connectivity index (χ1) is 9.16. The van der Waals surface area contributed by atoms with Gasteiger partial charge < -0.3 is 24.2 Å². The highest BCUT2D eigenvalue weighted by atomic mass is 16.7. The normalized spacial score (nSPS) is 18.8. The SMILES string of the molecule is CN(C(=O)C1(CO)COC1)c1ccc2c(c1)OCO2. The summed E-state index contributed by atoms with van der Waals surface area (Å²) < 4.78 is 15.6. The van der Waals surface area contributed by atoms with Crippen LogP contribution in [0.25, 0.3) is 0 Å². The molecule has 0 atom stereocenters. The van der Waals surface area contributed by atoms with Crippen LogP contribution in [0.4, 0.5) is 5.69 Å². The van der Waals surface area contributed by atoms with Crippen LogP contribution < -0.4 is 14.4 Å². The van der Waals surface area contributed by atoms with Crippen molar-refractivity contribution in [3.05, 3.63) is 18.2 Å². The van der Waals surface area contributed by atoms with Crippen molar-refractivity contribution in [1.29, 1.82) is 0 Å². The van der Waals surface area contributed by atoms with Gasteiger partial charge in [0, 0.05) is 18.8 Å². The van der Waals surface area contributed by atoms with Crippen molar-refractivity contribution in [1.82, 2.24) is 0 Å². The van der Waals surface area contributed by atoms with Gasteiger partial charge in [-0.1, -0.05) is 0 Å². The number of hydrogen-bond acceptors (Lipinski definition) is 5. The molecule has 6 nitrogen and oxygen atoms in total. The van der Waals surface area contributed by atoms with E-state index in [1.807, 2.05) is 0 Å². The van der Waals surface area contributed by atoms with Crippen molar-refractivity contribution < 1.29 is 24.1 Å². The lowest BCUT2D eigenvalue weighted by Crippen LogP contribution is -2.56. The summed E-state index contributed by atoms with van der Waals surface area (Å²) >= 11 is 0. The molecule has 6 heteroatoms. The highest BCUT2D eigenvalue weighted by molar-refractivity contribution is 5.98. The number of hydrogen-bond donors (Lipinski definition) is 1. The average Bonchev–Trinajstić information content (AvgIpc) is 2.84. The lowest BCUT2D eigenvalue weighted by molar-refractivity contribution is -0.166. The van der Waals surface area contributed by atoms with Crippen molar-refractivity contribution in [3.63, 3.8) is 0 Å². The first-order valence-electron chi connectivity index (χ1n) is 6.03. The van der Waals surface area contributed by atoms with Gasteiger partial charge in [-0.05, 0) is 12.1 Å². The predicted molar refractivity (Wildman–Crippen MR) is 66.3 cm³/mol. The molecule has 2 aliphatic rings. The molecule has 0 spiro atoms. The van der Waals surface area contributed by atoms with Crippen molar-refractivity contribution in [3.8, 4) is 11.5 Å². The smallest absolute Gasteiger partial charge is 0.239 e. The van der Waals surface area contributed by atoms with E-state index in [0.29, 0.717) is 17.2 Å². The first kappa shape index (κ1) is 12.3. The van der Waals surface area contributed by atoms with Crippen LogP contribution >= 0.6 is 0 Å². The molecule has 1 fully saturated rings. The van der Waals surface area contributed by atoms with Crippen LogP contribution in [0.15, 0.2) is 18.2 Å². The molecule has 0 aliphatic carbocycles.